The first-order valence-corrected chi connectivity index (χ1v) is 11.3. The molecule has 0 saturated carbocycles. The van der Waals surface area contributed by atoms with Crippen molar-refractivity contribution in [3.05, 3.63) is 71.3 Å². The molecule has 0 spiro atoms. The highest BCUT2D eigenvalue weighted by atomic mass is 32.2. The van der Waals surface area contributed by atoms with Crippen LogP contribution in [0, 0.1) is 11.3 Å². The maximum Gasteiger partial charge on any atom is 0.232 e. The normalized spacial score (nSPS) is 14.3. The quantitative estimate of drug-likeness (QED) is 0.717. The van der Waals surface area contributed by atoms with Crippen molar-refractivity contribution in [1.29, 1.82) is 5.26 Å². The summed E-state index contributed by atoms with van der Waals surface area (Å²) in [6.07, 6.45) is 0. The summed E-state index contributed by atoms with van der Waals surface area (Å²) in [4.78, 5) is 29.3. The lowest BCUT2D eigenvalue weighted by Gasteiger charge is -2.38. The molecule has 5 nitrogen and oxygen atoms in total. The first-order valence-electron chi connectivity index (χ1n) is 10.1. The Morgan fingerprint density at radius 3 is 2.17 bits per heavy atom. The highest BCUT2D eigenvalue weighted by Crippen LogP contribution is 2.26. The van der Waals surface area contributed by atoms with Gasteiger partial charge in [0.05, 0.1) is 22.8 Å². The van der Waals surface area contributed by atoms with Crippen molar-refractivity contribution in [2.24, 2.45) is 0 Å². The van der Waals surface area contributed by atoms with Crippen LogP contribution in [0.4, 0.5) is 0 Å². The number of amides is 2. The Hall–Kier alpha value is -2.78. The van der Waals surface area contributed by atoms with Crippen LogP contribution in [0.25, 0.3) is 0 Å². The SMILES string of the molecule is CC(C)(C(=O)N1CCN(C(=O)CSCc2ccc(C#N)cc2)CC1)c1ccccc1. The monoisotopic (exact) mass is 421 g/mol. The van der Waals surface area contributed by atoms with Gasteiger partial charge in [-0.1, -0.05) is 42.5 Å². The molecule has 0 radical (unpaired) electrons. The van der Waals surface area contributed by atoms with Crippen molar-refractivity contribution < 1.29 is 9.59 Å². The molecule has 1 heterocycles. The summed E-state index contributed by atoms with van der Waals surface area (Å²) in [5.41, 5.74) is 2.17. The smallest absolute Gasteiger partial charge is 0.232 e. The molecule has 1 aliphatic rings. The number of hydrogen-bond donors (Lipinski definition) is 0. The van der Waals surface area contributed by atoms with Crippen molar-refractivity contribution >= 4 is 23.6 Å². The fourth-order valence-corrected chi connectivity index (χ4v) is 4.44. The van der Waals surface area contributed by atoms with Crippen LogP contribution in [-0.2, 0) is 20.8 Å². The number of benzene rings is 2. The number of nitriles is 1. The van der Waals surface area contributed by atoms with Crippen LogP contribution < -0.4 is 0 Å². The fourth-order valence-electron chi connectivity index (χ4n) is 3.56. The third kappa shape index (κ3) is 5.22. The van der Waals surface area contributed by atoms with Gasteiger partial charge in [0.2, 0.25) is 11.8 Å². The number of carbonyl (C=O) groups excluding carboxylic acids is 2. The van der Waals surface area contributed by atoms with Crippen LogP contribution in [0.5, 0.6) is 0 Å². The van der Waals surface area contributed by atoms with Gasteiger partial charge in [0.15, 0.2) is 0 Å². The first-order chi connectivity index (χ1) is 14.4. The molecule has 3 rings (SSSR count). The molecular formula is C24H27N3O2S. The molecule has 0 aromatic heterocycles. The van der Waals surface area contributed by atoms with Gasteiger partial charge in [0, 0.05) is 31.9 Å². The maximum absolute atomic E-state index is 13.1. The Kier molecular flexibility index (Phi) is 7.17. The number of hydrogen-bond acceptors (Lipinski definition) is 4. The standard InChI is InChI=1S/C24H27N3O2S/c1-24(2,21-6-4-3-5-7-21)23(29)27-14-12-26(13-15-27)22(28)18-30-17-20-10-8-19(16-25)9-11-20/h3-11H,12-15,17-18H2,1-2H3. The number of rotatable bonds is 6. The molecular weight excluding hydrogens is 394 g/mol. The van der Waals surface area contributed by atoms with Crippen LogP contribution in [-0.4, -0.2) is 53.5 Å². The predicted octanol–water partition coefficient (Wildman–Crippen LogP) is 3.44. The van der Waals surface area contributed by atoms with Crippen molar-refractivity contribution in [2.45, 2.75) is 25.0 Å². The molecule has 2 aromatic carbocycles. The molecule has 6 heteroatoms. The topological polar surface area (TPSA) is 64.4 Å². The van der Waals surface area contributed by atoms with Gasteiger partial charge >= 0.3 is 0 Å². The van der Waals surface area contributed by atoms with Gasteiger partial charge in [-0.25, -0.2) is 0 Å². The van der Waals surface area contributed by atoms with Gasteiger partial charge < -0.3 is 9.80 Å². The van der Waals surface area contributed by atoms with Crippen molar-refractivity contribution in [3.63, 3.8) is 0 Å². The number of piperazine rings is 1. The van der Waals surface area contributed by atoms with E-state index in [1.807, 2.05) is 66.1 Å². The Morgan fingerprint density at radius 2 is 1.57 bits per heavy atom. The van der Waals surface area contributed by atoms with E-state index in [9.17, 15) is 9.59 Å². The average molecular weight is 422 g/mol. The van der Waals surface area contributed by atoms with E-state index in [0.29, 0.717) is 37.5 Å². The van der Waals surface area contributed by atoms with Gasteiger partial charge in [-0.15, -0.1) is 11.8 Å². The molecule has 2 aromatic rings. The lowest BCUT2D eigenvalue weighted by atomic mass is 9.83. The Labute approximate surface area is 182 Å². The Bertz CT molecular complexity index is 912. The molecule has 156 valence electrons. The third-order valence-electron chi connectivity index (χ3n) is 5.53. The summed E-state index contributed by atoms with van der Waals surface area (Å²) < 4.78 is 0. The van der Waals surface area contributed by atoms with Crippen molar-refractivity contribution in [3.8, 4) is 6.07 Å². The van der Waals surface area contributed by atoms with Gasteiger partial charge in [-0.3, -0.25) is 9.59 Å². The molecule has 30 heavy (non-hydrogen) atoms. The highest BCUT2D eigenvalue weighted by molar-refractivity contribution is 7.99. The van der Waals surface area contributed by atoms with Crippen molar-refractivity contribution in [1.82, 2.24) is 9.80 Å². The minimum absolute atomic E-state index is 0.107. The van der Waals surface area contributed by atoms with Gasteiger partial charge in [0.25, 0.3) is 0 Å². The molecule has 0 aliphatic carbocycles. The Balaban J connectivity index is 1.45. The third-order valence-corrected chi connectivity index (χ3v) is 6.52. The molecule has 2 amide bonds. The van der Waals surface area contributed by atoms with Gasteiger partial charge in [0.1, 0.15) is 0 Å². The van der Waals surface area contributed by atoms with Gasteiger partial charge in [-0.2, -0.15) is 5.26 Å². The zero-order valence-electron chi connectivity index (χ0n) is 17.5. The van der Waals surface area contributed by atoms with Crippen LogP contribution in [0.15, 0.2) is 54.6 Å². The second kappa shape index (κ2) is 9.82. The fraction of sp³-hybridized carbons (Fsp3) is 0.375. The van der Waals surface area contributed by atoms with Crippen LogP contribution >= 0.6 is 11.8 Å². The van der Waals surface area contributed by atoms with Crippen LogP contribution in [0.2, 0.25) is 0 Å². The minimum Gasteiger partial charge on any atom is -0.338 e. The Morgan fingerprint density at radius 1 is 0.967 bits per heavy atom. The zero-order chi connectivity index (χ0) is 21.6. The predicted molar refractivity (Wildman–Crippen MR) is 120 cm³/mol. The second-order valence-corrected chi connectivity index (χ2v) is 8.95. The van der Waals surface area contributed by atoms with E-state index in [-0.39, 0.29) is 11.8 Å². The zero-order valence-corrected chi connectivity index (χ0v) is 18.3. The lowest BCUT2D eigenvalue weighted by Crippen LogP contribution is -2.54. The van der Waals surface area contributed by atoms with E-state index in [1.54, 1.807) is 23.9 Å². The summed E-state index contributed by atoms with van der Waals surface area (Å²) in [5.74, 6) is 1.38. The summed E-state index contributed by atoms with van der Waals surface area (Å²) in [5, 5.41) is 8.85. The van der Waals surface area contributed by atoms with Crippen LogP contribution in [0.3, 0.4) is 0 Å². The van der Waals surface area contributed by atoms with E-state index in [2.05, 4.69) is 6.07 Å². The van der Waals surface area contributed by atoms with Crippen LogP contribution in [0.1, 0.15) is 30.5 Å². The molecule has 0 atom stereocenters. The molecule has 0 N–H and O–H groups in total. The van der Waals surface area contributed by atoms with Gasteiger partial charge in [-0.05, 0) is 37.1 Å². The largest absolute Gasteiger partial charge is 0.338 e. The summed E-state index contributed by atoms with van der Waals surface area (Å²) in [6, 6.07) is 19.4. The lowest BCUT2D eigenvalue weighted by molar-refractivity contribution is -0.141. The first kappa shape index (κ1) is 21.9. The summed E-state index contributed by atoms with van der Waals surface area (Å²) in [7, 11) is 0. The molecule has 0 unspecified atom stereocenters. The van der Waals surface area contributed by atoms with E-state index in [0.717, 1.165) is 16.9 Å². The van der Waals surface area contributed by atoms with E-state index in [4.69, 9.17) is 5.26 Å². The summed E-state index contributed by atoms with van der Waals surface area (Å²) in [6.45, 7) is 6.21. The van der Waals surface area contributed by atoms with E-state index >= 15 is 0 Å². The summed E-state index contributed by atoms with van der Waals surface area (Å²) >= 11 is 1.58. The average Bonchev–Trinajstić information content (AvgIpc) is 2.79. The van der Waals surface area contributed by atoms with E-state index < -0.39 is 5.41 Å². The molecule has 1 saturated heterocycles. The molecule has 1 fully saturated rings. The number of nitrogens with zero attached hydrogens (tertiary/aromatic N) is 3. The molecule has 1 aliphatic heterocycles. The minimum atomic E-state index is -0.579. The maximum atomic E-state index is 13.1. The van der Waals surface area contributed by atoms with Crippen molar-refractivity contribution in [2.75, 3.05) is 31.9 Å². The number of carbonyl (C=O) groups is 2. The highest BCUT2D eigenvalue weighted by Gasteiger charge is 2.35. The second-order valence-electron chi connectivity index (χ2n) is 7.97. The molecule has 0 bridgehead atoms. The number of thioether (sulfide) groups is 1. The van der Waals surface area contributed by atoms with E-state index in [1.165, 1.54) is 0 Å².